The average Bonchev–Trinajstić information content (AvgIpc) is 2.90. The van der Waals surface area contributed by atoms with Crippen molar-refractivity contribution in [2.75, 3.05) is 0 Å². The maximum absolute atomic E-state index is 6.50. The van der Waals surface area contributed by atoms with E-state index in [4.69, 9.17) is 5.73 Å². The van der Waals surface area contributed by atoms with Crippen LogP contribution in [0.15, 0.2) is 30.3 Å². The third kappa shape index (κ3) is 2.48. The Labute approximate surface area is 120 Å². The number of rotatable bonds is 3. The van der Waals surface area contributed by atoms with Gasteiger partial charge < -0.3 is 5.73 Å². The molecule has 0 bridgehead atoms. The molecule has 1 atom stereocenters. The molecule has 4 nitrogen and oxygen atoms in total. The number of nitrogens with zero attached hydrogens (tertiary/aromatic N) is 3. The van der Waals surface area contributed by atoms with Crippen molar-refractivity contribution in [1.82, 2.24) is 14.8 Å². The molecule has 2 N–H and O–H groups in total. The van der Waals surface area contributed by atoms with Gasteiger partial charge >= 0.3 is 0 Å². The Hall–Kier alpha value is -1.68. The van der Waals surface area contributed by atoms with Crippen molar-refractivity contribution in [1.29, 1.82) is 0 Å². The van der Waals surface area contributed by atoms with E-state index in [1.54, 1.807) is 0 Å². The van der Waals surface area contributed by atoms with Crippen LogP contribution < -0.4 is 5.73 Å². The third-order valence-electron chi connectivity index (χ3n) is 4.32. The highest BCUT2D eigenvalue weighted by atomic mass is 15.3. The standard InChI is InChI=1S/C16H22N4/c1-12-18-19-16(15(17)13-8-4-2-5-9-13)20(12)14-10-6-3-7-11-14/h3,6-7,10-11,13,15H,2,4-5,8-9,17H2,1H3. The fourth-order valence-corrected chi connectivity index (χ4v) is 3.19. The van der Waals surface area contributed by atoms with Gasteiger partial charge in [-0.3, -0.25) is 4.57 Å². The van der Waals surface area contributed by atoms with Gasteiger partial charge in [-0.05, 0) is 37.8 Å². The first-order valence-corrected chi connectivity index (χ1v) is 7.50. The Balaban J connectivity index is 1.94. The molecule has 1 saturated carbocycles. The highest BCUT2D eigenvalue weighted by Crippen LogP contribution is 2.33. The van der Waals surface area contributed by atoms with E-state index in [2.05, 4.69) is 26.9 Å². The smallest absolute Gasteiger partial charge is 0.154 e. The molecule has 3 rings (SSSR count). The fourth-order valence-electron chi connectivity index (χ4n) is 3.19. The molecule has 0 spiro atoms. The van der Waals surface area contributed by atoms with Gasteiger partial charge in [-0.1, -0.05) is 37.5 Å². The van der Waals surface area contributed by atoms with E-state index >= 15 is 0 Å². The summed E-state index contributed by atoms with van der Waals surface area (Å²) in [4.78, 5) is 0. The fraction of sp³-hybridized carbons (Fsp3) is 0.500. The number of aromatic nitrogens is 3. The van der Waals surface area contributed by atoms with Crippen LogP contribution in [0.25, 0.3) is 5.69 Å². The first-order chi connectivity index (χ1) is 9.77. The van der Waals surface area contributed by atoms with E-state index in [9.17, 15) is 0 Å². The van der Waals surface area contributed by atoms with E-state index in [1.165, 1.54) is 32.1 Å². The zero-order valence-corrected chi connectivity index (χ0v) is 12.0. The highest BCUT2D eigenvalue weighted by molar-refractivity contribution is 5.34. The molecule has 0 amide bonds. The maximum atomic E-state index is 6.50. The van der Waals surface area contributed by atoms with Crippen LogP contribution >= 0.6 is 0 Å². The first-order valence-electron chi connectivity index (χ1n) is 7.50. The molecular formula is C16H22N4. The summed E-state index contributed by atoms with van der Waals surface area (Å²) in [5.74, 6) is 2.34. The van der Waals surface area contributed by atoms with Gasteiger partial charge in [0.2, 0.25) is 0 Å². The molecule has 1 heterocycles. The molecule has 4 heteroatoms. The molecule has 1 unspecified atom stereocenters. The van der Waals surface area contributed by atoms with Crippen LogP contribution in [0.4, 0.5) is 0 Å². The quantitative estimate of drug-likeness (QED) is 0.932. The van der Waals surface area contributed by atoms with Crippen LogP contribution in [-0.4, -0.2) is 14.8 Å². The van der Waals surface area contributed by atoms with Crippen LogP contribution in [0.5, 0.6) is 0 Å². The lowest BCUT2D eigenvalue weighted by Gasteiger charge is -2.27. The van der Waals surface area contributed by atoms with Gasteiger partial charge in [-0.2, -0.15) is 0 Å². The van der Waals surface area contributed by atoms with E-state index in [0.29, 0.717) is 5.92 Å². The first kappa shape index (κ1) is 13.3. The van der Waals surface area contributed by atoms with Crippen molar-refractivity contribution in [2.45, 2.75) is 45.1 Å². The lowest BCUT2D eigenvalue weighted by atomic mass is 9.84. The Morgan fingerprint density at radius 2 is 1.80 bits per heavy atom. The zero-order valence-electron chi connectivity index (χ0n) is 12.0. The van der Waals surface area contributed by atoms with Crippen molar-refractivity contribution >= 4 is 0 Å². The van der Waals surface area contributed by atoms with Gasteiger partial charge in [0.25, 0.3) is 0 Å². The number of hydrogen-bond donors (Lipinski definition) is 1. The largest absolute Gasteiger partial charge is 0.321 e. The lowest BCUT2D eigenvalue weighted by Crippen LogP contribution is -2.26. The van der Waals surface area contributed by atoms with Crippen molar-refractivity contribution in [3.63, 3.8) is 0 Å². The van der Waals surface area contributed by atoms with Crippen molar-refractivity contribution in [3.8, 4) is 5.69 Å². The second-order valence-electron chi connectivity index (χ2n) is 5.70. The Morgan fingerprint density at radius 1 is 1.10 bits per heavy atom. The molecule has 1 aliphatic rings. The Kier molecular flexibility index (Phi) is 3.83. The molecular weight excluding hydrogens is 248 g/mol. The summed E-state index contributed by atoms with van der Waals surface area (Å²) in [6.07, 6.45) is 6.34. The molecule has 1 aliphatic carbocycles. The summed E-state index contributed by atoms with van der Waals surface area (Å²) < 4.78 is 2.10. The summed E-state index contributed by atoms with van der Waals surface area (Å²) in [5, 5.41) is 8.60. The molecule has 20 heavy (non-hydrogen) atoms. The average molecular weight is 270 g/mol. The molecule has 1 fully saturated rings. The molecule has 1 aromatic heterocycles. The predicted molar refractivity (Wildman–Crippen MR) is 79.6 cm³/mol. The maximum Gasteiger partial charge on any atom is 0.154 e. The second kappa shape index (κ2) is 5.75. The monoisotopic (exact) mass is 270 g/mol. The van der Waals surface area contributed by atoms with E-state index in [-0.39, 0.29) is 6.04 Å². The van der Waals surface area contributed by atoms with Gasteiger partial charge in [0.1, 0.15) is 5.82 Å². The Bertz CT molecular complexity index is 555. The SMILES string of the molecule is Cc1nnc(C(N)C2CCCCC2)n1-c1ccccc1. The molecule has 0 radical (unpaired) electrons. The number of aryl methyl sites for hydroxylation is 1. The molecule has 0 saturated heterocycles. The topological polar surface area (TPSA) is 56.7 Å². The predicted octanol–water partition coefficient (Wildman–Crippen LogP) is 3.16. The van der Waals surface area contributed by atoms with Crippen LogP contribution in [-0.2, 0) is 0 Å². The molecule has 0 aliphatic heterocycles. The molecule has 1 aromatic carbocycles. The summed E-state index contributed by atoms with van der Waals surface area (Å²) in [7, 11) is 0. The minimum absolute atomic E-state index is 0.0169. The zero-order chi connectivity index (χ0) is 13.9. The minimum atomic E-state index is -0.0169. The van der Waals surface area contributed by atoms with Gasteiger partial charge in [0.05, 0.1) is 6.04 Å². The number of hydrogen-bond acceptors (Lipinski definition) is 3. The highest BCUT2D eigenvalue weighted by Gasteiger charge is 2.26. The van der Waals surface area contributed by atoms with Crippen LogP contribution in [0.2, 0.25) is 0 Å². The molecule has 106 valence electrons. The second-order valence-corrected chi connectivity index (χ2v) is 5.70. The van der Waals surface area contributed by atoms with Gasteiger partial charge in [0.15, 0.2) is 5.82 Å². The molecule has 2 aromatic rings. The minimum Gasteiger partial charge on any atom is -0.321 e. The summed E-state index contributed by atoms with van der Waals surface area (Å²) in [6, 6.07) is 10.2. The third-order valence-corrected chi connectivity index (χ3v) is 4.32. The summed E-state index contributed by atoms with van der Waals surface area (Å²) >= 11 is 0. The van der Waals surface area contributed by atoms with Crippen LogP contribution in [0, 0.1) is 12.8 Å². The van der Waals surface area contributed by atoms with Crippen LogP contribution in [0.3, 0.4) is 0 Å². The number of para-hydroxylation sites is 1. The lowest BCUT2D eigenvalue weighted by molar-refractivity contribution is 0.299. The number of benzene rings is 1. The van der Waals surface area contributed by atoms with Gasteiger partial charge in [-0.25, -0.2) is 0 Å². The van der Waals surface area contributed by atoms with E-state index in [1.807, 2.05) is 25.1 Å². The van der Waals surface area contributed by atoms with Gasteiger partial charge in [0, 0.05) is 5.69 Å². The van der Waals surface area contributed by atoms with Crippen molar-refractivity contribution in [2.24, 2.45) is 11.7 Å². The summed E-state index contributed by atoms with van der Waals surface area (Å²) in [5.41, 5.74) is 7.59. The number of nitrogens with two attached hydrogens (primary N) is 1. The van der Waals surface area contributed by atoms with E-state index < -0.39 is 0 Å². The van der Waals surface area contributed by atoms with Gasteiger partial charge in [-0.15, -0.1) is 10.2 Å². The Morgan fingerprint density at radius 3 is 2.50 bits per heavy atom. The van der Waals surface area contributed by atoms with Crippen LogP contribution in [0.1, 0.15) is 49.8 Å². The normalized spacial score (nSPS) is 18.1. The van der Waals surface area contributed by atoms with E-state index in [0.717, 1.165) is 17.3 Å². The summed E-state index contributed by atoms with van der Waals surface area (Å²) in [6.45, 7) is 1.98. The van der Waals surface area contributed by atoms with Crippen molar-refractivity contribution < 1.29 is 0 Å². The van der Waals surface area contributed by atoms with Crippen molar-refractivity contribution in [3.05, 3.63) is 42.0 Å².